The van der Waals surface area contributed by atoms with Crippen LogP contribution < -0.4 is 14.8 Å². The maximum absolute atomic E-state index is 10.7. The SMILES string of the molecule is CCOc1ccc(NCc2cc(Br)c(OCc3ccc([N+](=O)[O-])cc3)c(Br)c2)cc1. The molecule has 0 saturated heterocycles. The summed E-state index contributed by atoms with van der Waals surface area (Å²) in [5, 5.41) is 14.1. The number of benzene rings is 3. The minimum Gasteiger partial charge on any atom is -0.494 e. The maximum atomic E-state index is 10.7. The fourth-order valence-corrected chi connectivity index (χ4v) is 4.27. The van der Waals surface area contributed by atoms with Crippen molar-refractivity contribution in [2.45, 2.75) is 20.1 Å². The van der Waals surface area contributed by atoms with E-state index in [1.54, 1.807) is 12.1 Å². The highest BCUT2D eigenvalue weighted by atomic mass is 79.9. The van der Waals surface area contributed by atoms with Crippen LogP contribution in [0.25, 0.3) is 0 Å². The third-order valence-electron chi connectivity index (χ3n) is 4.25. The number of nitro benzene ring substituents is 1. The van der Waals surface area contributed by atoms with Crippen molar-refractivity contribution in [1.82, 2.24) is 0 Å². The summed E-state index contributed by atoms with van der Waals surface area (Å²) in [4.78, 5) is 10.3. The zero-order valence-corrected chi connectivity index (χ0v) is 19.4. The summed E-state index contributed by atoms with van der Waals surface area (Å²) in [5.74, 6) is 1.53. The standard InChI is InChI=1S/C22H20Br2N2O4/c1-2-29-19-9-5-17(6-10-19)25-13-16-11-20(23)22(21(24)12-16)30-14-15-3-7-18(8-4-15)26(27)28/h3-12,25H,2,13-14H2,1H3. The average molecular weight is 536 g/mol. The summed E-state index contributed by atoms with van der Waals surface area (Å²) in [7, 11) is 0. The number of nitro groups is 1. The van der Waals surface area contributed by atoms with Gasteiger partial charge in [-0.2, -0.15) is 0 Å². The highest BCUT2D eigenvalue weighted by Crippen LogP contribution is 2.35. The molecule has 6 nitrogen and oxygen atoms in total. The zero-order valence-electron chi connectivity index (χ0n) is 16.2. The summed E-state index contributed by atoms with van der Waals surface area (Å²) in [5.41, 5.74) is 2.99. The Morgan fingerprint density at radius 3 is 2.13 bits per heavy atom. The lowest BCUT2D eigenvalue weighted by atomic mass is 10.2. The molecule has 0 heterocycles. The zero-order chi connectivity index (χ0) is 21.5. The van der Waals surface area contributed by atoms with Crippen LogP contribution in [-0.2, 0) is 13.2 Å². The van der Waals surface area contributed by atoms with Crippen molar-refractivity contribution < 1.29 is 14.4 Å². The van der Waals surface area contributed by atoms with E-state index in [1.807, 2.05) is 43.3 Å². The van der Waals surface area contributed by atoms with E-state index >= 15 is 0 Å². The molecule has 0 aromatic heterocycles. The molecule has 0 amide bonds. The number of halogens is 2. The van der Waals surface area contributed by atoms with E-state index in [0.717, 1.165) is 31.5 Å². The van der Waals surface area contributed by atoms with Crippen LogP contribution in [0.3, 0.4) is 0 Å². The third kappa shape index (κ3) is 5.96. The average Bonchev–Trinajstić information content (AvgIpc) is 2.73. The van der Waals surface area contributed by atoms with E-state index in [4.69, 9.17) is 9.47 Å². The van der Waals surface area contributed by atoms with Gasteiger partial charge in [-0.05, 0) is 98.4 Å². The summed E-state index contributed by atoms with van der Waals surface area (Å²) >= 11 is 7.13. The van der Waals surface area contributed by atoms with Crippen LogP contribution in [0.5, 0.6) is 11.5 Å². The first-order valence-corrected chi connectivity index (χ1v) is 10.9. The third-order valence-corrected chi connectivity index (χ3v) is 5.43. The molecule has 30 heavy (non-hydrogen) atoms. The number of hydrogen-bond donors (Lipinski definition) is 1. The van der Waals surface area contributed by atoms with Gasteiger partial charge in [-0.3, -0.25) is 10.1 Å². The van der Waals surface area contributed by atoms with Gasteiger partial charge in [-0.15, -0.1) is 0 Å². The van der Waals surface area contributed by atoms with Gasteiger partial charge >= 0.3 is 0 Å². The smallest absolute Gasteiger partial charge is 0.269 e. The molecule has 0 radical (unpaired) electrons. The quantitative estimate of drug-likeness (QED) is 0.243. The second-order valence-corrected chi connectivity index (χ2v) is 8.12. The minimum absolute atomic E-state index is 0.0606. The largest absolute Gasteiger partial charge is 0.494 e. The van der Waals surface area contributed by atoms with Crippen LogP contribution in [0.15, 0.2) is 69.6 Å². The molecule has 0 fully saturated rings. The highest BCUT2D eigenvalue weighted by molar-refractivity contribution is 9.11. The van der Waals surface area contributed by atoms with E-state index in [-0.39, 0.29) is 5.69 Å². The van der Waals surface area contributed by atoms with E-state index in [9.17, 15) is 10.1 Å². The molecular weight excluding hydrogens is 516 g/mol. The maximum Gasteiger partial charge on any atom is 0.269 e. The number of nitrogens with zero attached hydrogens (tertiary/aromatic N) is 1. The lowest BCUT2D eigenvalue weighted by Gasteiger charge is -2.13. The Morgan fingerprint density at radius 1 is 0.933 bits per heavy atom. The first kappa shape index (κ1) is 22.1. The van der Waals surface area contributed by atoms with Gasteiger partial charge in [-0.25, -0.2) is 0 Å². The Balaban J connectivity index is 1.61. The molecule has 8 heteroatoms. The fourth-order valence-electron chi connectivity index (χ4n) is 2.76. The number of hydrogen-bond acceptors (Lipinski definition) is 5. The molecule has 0 bridgehead atoms. The Kier molecular flexibility index (Phi) is 7.70. The first-order valence-electron chi connectivity index (χ1n) is 9.27. The second-order valence-electron chi connectivity index (χ2n) is 6.41. The van der Waals surface area contributed by atoms with Crippen molar-refractivity contribution in [1.29, 1.82) is 0 Å². The summed E-state index contributed by atoms with van der Waals surface area (Å²) in [6.07, 6.45) is 0. The van der Waals surface area contributed by atoms with Crippen LogP contribution in [0.4, 0.5) is 11.4 Å². The lowest BCUT2D eigenvalue weighted by molar-refractivity contribution is -0.384. The molecule has 0 aliphatic rings. The predicted octanol–water partition coefficient (Wildman–Crippen LogP) is 6.71. The highest BCUT2D eigenvalue weighted by Gasteiger charge is 2.11. The Bertz CT molecular complexity index is 986. The van der Waals surface area contributed by atoms with Crippen molar-refractivity contribution in [3.8, 4) is 11.5 Å². The van der Waals surface area contributed by atoms with Crippen LogP contribution in [0.1, 0.15) is 18.1 Å². The van der Waals surface area contributed by atoms with E-state index < -0.39 is 4.92 Å². The van der Waals surface area contributed by atoms with E-state index in [0.29, 0.717) is 25.5 Å². The Labute approximate surface area is 191 Å². The van der Waals surface area contributed by atoms with Gasteiger partial charge < -0.3 is 14.8 Å². The van der Waals surface area contributed by atoms with Crippen LogP contribution in [0, 0.1) is 10.1 Å². The van der Waals surface area contributed by atoms with Crippen LogP contribution in [0.2, 0.25) is 0 Å². The number of non-ortho nitro benzene ring substituents is 1. The number of rotatable bonds is 9. The van der Waals surface area contributed by atoms with E-state index in [2.05, 4.69) is 37.2 Å². The van der Waals surface area contributed by atoms with Crippen LogP contribution >= 0.6 is 31.9 Å². The molecule has 0 aliphatic heterocycles. The number of nitrogens with one attached hydrogen (secondary N) is 1. The van der Waals surface area contributed by atoms with Gasteiger partial charge in [0.05, 0.1) is 20.5 Å². The molecule has 1 N–H and O–H groups in total. The van der Waals surface area contributed by atoms with Gasteiger partial charge in [0.1, 0.15) is 18.1 Å². The predicted molar refractivity (Wildman–Crippen MR) is 124 cm³/mol. The van der Waals surface area contributed by atoms with Gasteiger partial charge in [0.15, 0.2) is 0 Å². The van der Waals surface area contributed by atoms with E-state index in [1.165, 1.54) is 12.1 Å². The van der Waals surface area contributed by atoms with Gasteiger partial charge in [0, 0.05) is 24.4 Å². The summed E-state index contributed by atoms with van der Waals surface area (Å²) in [6, 6.07) is 18.2. The Hall–Kier alpha value is -2.58. The molecule has 0 atom stereocenters. The van der Waals surface area contributed by atoms with Crippen molar-refractivity contribution in [3.05, 3.63) is 90.9 Å². The molecule has 3 aromatic carbocycles. The fraction of sp³-hybridized carbons (Fsp3) is 0.182. The monoisotopic (exact) mass is 534 g/mol. The summed E-state index contributed by atoms with van der Waals surface area (Å²) < 4.78 is 13.0. The molecule has 0 spiro atoms. The van der Waals surface area contributed by atoms with Gasteiger partial charge in [-0.1, -0.05) is 0 Å². The first-order chi connectivity index (χ1) is 14.5. The normalized spacial score (nSPS) is 10.5. The molecule has 0 saturated carbocycles. The topological polar surface area (TPSA) is 73.6 Å². The molecular formula is C22H20Br2N2O4. The molecule has 3 rings (SSSR count). The number of ether oxygens (including phenoxy) is 2. The second kappa shape index (κ2) is 10.4. The molecule has 3 aromatic rings. The summed E-state index contributed by atoms with van der Waals surface area (Å²) in [6.45, 7) is 3.56. The van der Waals surface area contributed by atoms with Crippen molar-refractivity contribution in [3.63, 3.8) is 0 Å². The van der Waals surface area contributed by atoms with Gasteiger partial charge in [0.2, 0.25) is 0 Å². The van der Waals surface area contributed by atoms with Crippen LogP contribution in [-0.4, -0.2) is 11.5 Å². The molecule has 0 unspecified atom stereocenters. The lowest BCUT2D eigenvalue weighted by Crippen LogP contribution is -2.02. The van der Waals surface area contributed by atoms with Crippen molar-refractivity contribution in [2.75, 3.05) is 11.9 Å². The van der Waals surface area contributed by atoms with Gasteiger partial charge in [0.25, 0.3) is 5.69 Å². The Morgan fingerprint density at radius 2 is 1.57 bits per heavy atom. The van der Waals surface area contributed by atoms with Crippen molar-refractivity contribution in [2.24, 2.45) is 0 Å². The molecule has 0 aliphatic carbocycles. The number of anilines is 1. The minimum atomic E-state index is -0.419. The molecule has 156 valence electrons. The van der Waals surface area contributed by atoms with Crippen molar-refractivity contribution >= 4 is 43.2 Å².